The second kappa shape index (κ2) is 10.5. The van der Waals surface area contributed by atoms with Crippen LogP contribution in [0.1, 0.15) is 20.3 Å². The van der Waals surface area contributed by atoms with E-state index in [9.17, 15) is 8.78 Å². The van der Waals surface area contributed by atoms with Crippen LogP contribution in [0.5, 0.6) is 0 Å². The summed E-state index contributed by atoms with van der Waals surface area (Å²) in [6, 6.07) is 9.53. The summed E-state index contributed by atoms with van der Waals surface area (Å²) in [6.07, 6.45) is 1.27. The van der Waals surface area contributed by atoms with Crippen LogP contribution in [0.3, 0.4) is 0 Å². The number of pyridine rings is 1. The van der Waals surface area contributed by atoms with E-state index in [1.165, 1.54) is 0 Å². The van der Waals surface area contributed by atoms with Crippen molar-refractivity contribution in [1.82, 2.24) is 4.98 Å². The van der Waals surface area contributed by atoms with Crippen molar-refractivity contribution in [3.8, 4) is 11.3 Å². The minimum atomic E-state index is -0.649. The van der Waals surface area contributed by atoms with Crippen molar-refractivity contribution in [3.05, 3.63) is 54.2 Å². The van der Waals surface area contributed by atoms with Gasteiger partial charge in [-0.2, -0.15) is 0 Å². The molecule has 0 aliphatic rings. The first kappa shape index (κ1) is 20.8. The number of rotatable bonds is 3. The predicted molar refractivity (Wildman–Crippen MR) is 76.4 cm³/mol. The van der Waals surface area contributed by atoms with Crippen LogP contribution >= 0.6 is 0 Å². The van der Waals surface area contributed by atoms with E-state index >= 15 is 0 Å². The van der Waals surface area contributed by atoms with Crippen LogP contribution in [-0.2, 0) is 21.1 Å². The minimum Gasteiger partial charge on any atom is -0.393 e. The molecule has 2 atom stereocenters. The Labute approximate surface area is 143 Å². The van der Waals surface area contributed by atoms with Gasteiger partial charge in [0.1, 0.15) is 0 Å². The molecule has 6 heteroatoms. The molecule has 0 spiro atoms. The largest absolute Gasteiger partial charge is 0.393 e. The van der Waals surface area contributed by atoms with Gasteiger partial charge in [-0.1, -0.05) is 23.8 Å². The summed E-state index contributed by atoms with van der Waals surface area (Å²) >= 11 is 0. The molecule has 22 heavy (non-hydrogen) atoms. The molecule has 1 heterocycles. The average molecular weight is 489 g/mol. The van der Waals surface area contributed by atoms with E-state index in [-0.39, 0.29) is 38.8 Å². The Balaban J connectivity index is 0.000000478. The second-order valence-corrected chi connectivity index (χ2v) is 4.69. The van der Waals surface area contributed by atoms with Crippen molar-refractivity contribution in [1.29, 1.82) is 0 Å². The van der Waals surface area contributed by atoms with E-state index < -0.39 is 11.6 Å². The summed E-state index contributed by atoms with van der Waals surface area (Å²) < 4.78 is 25.8. The van der Waals surface area contributed by atoms with E-state index in [0.717, 1.165) is 12.1 Å². The molecule has 0 aliphatic carbocycles. The van der Waals surface area contributed by atoms with Gasteiger partial charge in [-0.05, 0) is 32.0 Å². The standard InChI is InChI=1S/C11H6F2N.C5H12O2.Pt/c12-8-4-5-9(10(13)7-8)11-3-1-2-6-14-11;1-4(6)3-5(2)7;/h1-4,6-7H;4-7H,3H2,1-2H3;/q-1;;. The van der Waals surface area contributed by atoms with Crippen molar-refractivity contribution in [2.45, 2.75) is 32.5 Å². The van der Waals surface area contributed by atoms with E-state index in [1.54, 1.807) is 38.2 Å². The summed E-state index contributed by atoms with van der Waals surface area (Å²) in [5, 5.41) is 17.1. The molecule has 2 aromatic rings. The van der Waals surface area contributed by atoms with E-state index in [1.807, 2.05) is 0 Å². The number of aliphatic hydroxyl groups is 2. The number of nitrogens with zero attached hydrogens (tertiary/aromatic N) is 1. The Morgan fingerprint density at radius 3 is 2.23 bits per heavy atom. The average Bonchev–Trinajstić information content (AvgIpc) is 2.38. The van der Waals surface area contributed by atoms with Gasteiger partial charge in [0.25, 0.3) is 0 Å². The molecular formula is C16H18F2NO2Pt-. The summed E-state index contributed by atoms with van der Waals surface area (Å²) in [4.78, 5) is 3.95. The first-order chi connectivity index (χ1) is 9.90. The normalized spacial score (nSPS) is 12.5. The van der Waals surface area contributed by atoms with Crippen LogP contribution in [0, 0.1) is 17.7 Å². The molecule has 2 unspecified atom stereocenters. The van der Waals surface area contributed by atoms with Crippen LogP contribution < -0.4 is 0 Å². The Bertz CT molecular complexity index is 545. The molecule has 1 aromatic heterocycles. The van der Waals surface area contributed by atoms with Crippen LogP contribution in [0.15, 0.2) is 36.5 Å². The molecule has 0 fully saturated rings. The number of benzene rings is 1. The van der Waals surface area contributed by atoms with Crippen LogP contribution in [-0.4, -0.2) is 27.4 Å². The Morgan fingerprint density at radius 2 is 1.82 bits per heavy atom. The zero-order valence-corrected chi connectivity index (χ0v) is 14.5. The molecular weight excluding hydrogens is 471 g/mol. The maximum Gasteiger partial charge on any atom is 0.0536 e. The zero-order valence-electron chi connectivity index (χ0n) is 12.2. The molecule has 1 aromatic carbocycles. The van der Waals surface area contributed by atoms with Crippen LogP contribution in [0.25, 0.3) is 11.3 Å². The summed E-state index contributed by atoms with van der Waals surface area (Å²) in [7, 11) is 0. The molecule has 2 N–H and O–H groups in total. The van der Waals surface area contributed by atoms with Crippen molar-refractivity contribution in [3.63, 3.8) is 0 Å². The van der Waals surface area contributed by atoms with Gasteiger partial charge in [0, 0.05) is 38.9 Å². The smallest absolute Gasteiger partial charge is 0.0536 e. The van der Waals surface area contributed by atoms with E-state index in [4.69, 9.17) is 10.2 Å². The van der Waals surface area contributed by atoms with E-state index in [2.05, 4.69) is 11.1 Å². The van der Waals surface area contributed by atoms with Crippen LogP contribution in [0.4, 0.5) is 8.78 Å². The molecule has 0 radical (unpaired) electrons. The molecule has 124 valence electrons. The fourth-order valence-corrected chi connectivity index (χ4v) is 1.65. The summed E-state index contributed by atoms with van der Waals surface area (Å²) in [5.41, 5.74) is 0.636. The fraction of sp³-hybridized carbons (Fsp3) is 0.312. The van der Waals surface area contributed by atoms with Crippen molar-refractivity contribution >= 4 is 0 Å². The monoisotopic (exact) mass is 489 g/mol. The molecule has 0 saturated carbocycles. The summed E-state index contributed by atoms with van der Waals surface area (Å²) in [6.45, 7) is 3.32. The second-order valence-electron chi connectivity index (χ2n) is 4.69. The maximum absolute atomic E-state index is 13.2. The fourth-order valence-electron chi connectivity index (χ4n) is 1.65. The van der Waals surface area contributed by atoms with E-state index in [0.29, 0.717) is 12.1 Å². The maximum atomic E-state index is 13.2. The van der Waals surface area contributed by atoms with Gasteiger partial charge in [-0.25, -0.2) is 0 Å². The number of hydrogen-bond donors (Lipinski definition) is 2. The first-order valence-electron chi connectivity index (χ1n) is 6.54. The van der Waals surface area contributed by atoms with Crippen molar-refractivity contribution in [2.75, 3.05) is 0 Å². The van der Waals surface area contributed by atoms with Gasteiger partial charge < -0.3 is 15.2 Å². The molecule has 0 bridgehead atoms. The SMILES string of the molecule is CC(O)CC(C)O.Fc1c[c-]c(-c2ccccn2)c(F)c1.[Pt]. The topological polar surface area (TPSA) is 53.4 Å². The third kappa shape index (κ3) is 7.74. The quantitative estimate of drug-likeness (QED) is 0.653. The van der Waals surface area contributed by atoms with Gasteiger partial charge in [-0.15, -0.1) is 12.1 Å². The van der Waals surface area contributed by atoms with Crippen molar-refractivity contribution < 1.29 is 40.1 Å². The minimum absolute atomic E-state index is 0. The van der Waals surface area contributed by atoms with Gasteiger partial charge in [0.2, 0.25) is 0 Å². The van der Waals surface area contributed by atoms with Gasteiger partial charge in [-0.3, -0.25) is 8.78 Å². The molecule has 0 aliphatic heterocycles. The first-order valence-corrected chi connectivity index (χ1v) is 6.54. The summed E-state index contributed by atoms with van der Waals surface area (Å²) in [5.74, 6) is -1.29. The van der Waals surface area contributed by atoms with Gasteiger partial charge in [0.05, 0.1) is 12.2 Å². The van der Waals surface area contributed by atoms with Gasteiger partial charge in [0.15, 0.2) is 0 Å². The zero-order chi connectivity index (χ0) is 15.8. The molecule has 2 rings (SSSR count). The van der Waals surface area contributed by atoms with Crippen LogP contribution in [0.2, 0.25) is 0 Å². The number of aromatic nitrogens is 1. The van der Waals surface area contributed by atoms with Gasteiger partial charge >= 0.3 is 0 Å². The number of hydrogen-bond acceptors (Lipinski definition) is 3. The molecule has 0 saturated heterocycles. The Hall–Kier alpha value is -1.16. The predicted octanol–water partition coefficient (Wildman–Crippen LogP) is 2.96. The molecule has 0 amide bonds. The Kier molecular flexibility index (Phi) is 9.99. The Morgan fingerprint density at radius 1 is 1.18 bits per heavy atom. The third-order valence-corrected chi connectivity index (χ3v) is 2.46. The third-order valence-electron chi connectivity index (χ3n) is 2.46. The van der Waals surface area contributed by atoms with Crippen molar-refractivity contribution in [2.24, 2.45) is 0 Å². The molecule has 3 nitrogen and oxygen atoms in total. The number of aliphatic hydroxyl groups excluding tert-OH is 2. The number of halogens is 2.